The van der Waals surface area contributed by atoms with E-state index in [0.717, 1.165) is 10.3 Å². The molecule has 3 aromatic carbocycles. The highest BCUT2D eigenvalue weighted by molar-refractivity contribution is 6.02. The van der Waals surface area contributed by atoms with Crippen molar-refractivity contribution in [2.45, 2.75) is 0 Å². The number of benzene rings is 3. The van der Waals surface area contributed by atoms with Crippen LogP contribution in [0.2, 0.25) is 0 Å². The van der Waals surface area contributed by atoms with Crippen molar-refractivity contribution in [3.63, 3.8) is 0 Å². The number of rotatable bonds is 6. The fraction of sp³-hybridized carbons (Fsp3) is 0.0435. The number of hydrogen-bond donors (Lipinski definition) is 2. The first-order chi connectivity index (χ1) is 15.5. The number of hydrogen-bond acceptors (Lipinski definition) is 6. The zero-order valence-corrected chi connectivity index (χ0v) is 16.9. The van der Waals surface area contributed by atoms with E-state index in [2.05, 4.69) is 10.3 Å². The molecular formula is C23H18N4O5. The summed E-state index contributed by atoms with van der Waals surface area (Å²) >= 11 is 0. The molecule has 0 unspecified atom stereocenters. The van der Waals surface area contributed by atoms with Crippen molar-refractivity contribution in [2.24, 2.45) is 0 Å². The highest BCUT2D eigenvalue weighted by Gasteiger charge is 2.15. The fourth-order valence-corrected chi connectivity index (χ4v) is 3.21. The van der Waals surface area contributed by atoms with Crippen LogP contribution in [0, 0.1) is 10.1 Å². The van der Waals surface area contributed by atoms with E-state index in [1.807, 2.05) is 24.3 Å². The molecule has 4 aromatic rings. The average Bonchev–Trinajstić information content (AvgIpc) is 3.14. The average molecular weight is 430 g/mol. The fourth-order valence-electron chi connectivity index (χ4n) is 3.21. The quantitative estimate of drug-likeness (QED) is 0.201. The molecular weight excluding hydrogens is 412 g/mol. The molecule has 1 aromatic heterocycles. The molecule has 4 rings (SSSR count). The van der Waals surface area contributed by atoms with Gasteiger partial charge in [-0.15, -0.1) is 0 Å². The van der Waals surface area contributed by atoms with Gasteiger partial charge in [-0.2, -0.15) is 4.73 Å². The number of nitrogens with one attached hydrogen (secondary N) is 1. The van der Waals surface area contributed by atoms with Crippen LogP contribution in [-0.2, 0) is 4.79 Å². The number of methoxy groups -OCH3 is 1. The number of nitro benzene ring substituents is 1. The van der Waals surface area contributed by atoms with E-state index in [-0.39, 0.29) is 22.9 Å². The monoisotopic (exact) mass is 430 g/mol. The maximum absolute atomic E-state index is 12.2. The molecule has 1 amide bonds. The number of aromatic nitrogens is 2. The van der Waals surface area contributed by atoms with Crippen LogP contribution in [-0.4, -0.2) is 32.9 Å². The van der Waals surface area contributed by atoms with Crippen molar-refractivity contribution < 1.29 is 19.7 Å². The molecule has 0 bridgehead atoms. The Hall–Kier alpha value is -4.66. The van der Waals surface area contributed by atoms with Crippen LogP contribution in [0.3, 0.4) is 0 Å². The van der Waals surface area contributed by atoms with Gasteiger partial charge in [-0.1, -0.05) is 18.2 Å². The van der Waals surface area contributed by atoms with E-state index in [9.17, 15) is 20.1 Å². The Kier molecular flexibility index (Phi) is 5.54. The van der Waals surface area contributed by atoms with Gasteiger partial charge in [-0.3, -0.25) is 14.9 Å². The number of para-hydroxylation sites is 1. The zero-order chi connectivity index (χ0) is 22.7. The minimum atomic E-state index is -0.536. The van der Waals surface area contributed by atoms with E-state index in [0.29, 0.717) is 22.5 Å². The number of nitrogens with zero attached hydrogens (tertiary/aromatic N) is 3. The molecule has 0 aliphatic heterocycles. The maximum Gasteiger partial charge on any atom is 0.271 e. The van der Waals surface area contributed by atoms with Crippen LogP contribution >= 0.6 is 0 Å². The largest absolute Gasteiger partial charge is 0.496 e. The number of nitro groups is 1. The molecule has 9 heteroatoms. The van der Waals surface area contributed by atoms with E-state index in [1.54, 1.807) is 37.5 Å². The second kappa shape index (κ2) is 8.60. The molecule has 0 saturated carbocycles. The lowest BCUT2D eigenvalue weighted by molar-refractivity contribution is -0.384. The van der Waals surface area contributed by atoms with Gasteiger partial charge in [0.15, 0.2) is 5.82 Å². The van der Waals surface area contributed by atoms with Gasteiger partial charge < -0.3 is 15.3 Å². The third-order valence-corrected chi connectivity index (χ3v) is 4.79. The van der Waals surface area contributed by atoms with E-state index < -0.39 is 4.92 Å². The second-order valence-corrected chi connectivity index (χ2v) is 6.82. The topological polar surface area (TPSA) is 120 Å². The van der Waals surface area contributed by atoms with Gasteiger partial charge in [0.1, 0.15) is 11.3 Å². The van der Waals surface area contributed by atoms with Crippen LogP contribution in [0.25, 0.3) is 28.5 Å². The molecule has 0 saturated heterocycles. The van der Waals surface area contributed by atoms with Crippen molar-refractivity contribution in [2.75, 3.05) is 12.4 Å². The molecule has 0 aliphatic carbocycles. The number of fused-ring (bicyclic) bond motifs is 1. The summed E-state index contributed by atoms with van der Waals surface area (Å²) in [6, 6.07) is 18.1. The molecule has 0 fully saturated rings. The van der Waals surface area contributed by atoms with Gasteiger partial charge in [-0.05, 0) is 42.5 Å². The van der Waals surface area contributed by atoms with Crippen LogP contribution in [0.15, 0.2) is 72.8 Å². The van der Waals surface area contributed by atoms with Crippen molar-refractivity contribution in [3.05, 3.63) is 88.5 Å². The summed E-state index contributed by atoms with van der Waals surface area (Å²) in [6.07, 6.45) is 3.07. The van der Waals surface area contributed by atoms with Crippen molar-refractivity contribution in [1.82, 2.24) is 9.71 Å². The van der Waals surface area contributed by atoms with Gasteiger partial charge in [0.2, 0.25) is 5.91 Å². The number of non-ortho nitro benzene ring substituents is 1. The summed E-state index contributed by atoms with van der Waals surface area (Å²) in [5.74, 6) is 0.581. The Morgan fingerprint density at radius 3 is 2.62 bits per heavy atom. The molecule has 2 N–H and O–H groups in total. The predicted octanol–water partition coefficient (Wildman–Crippen LogP) is 4.51. The Balaban J connectivity index is 1.51. The number of imidazole rings is 1. The zero-order valence-electron chi connectivity index (χ0n) is 16.9. The van der Waals surface area contributed by atoms with Gasteiger partial charge in [0.05, 0.1) is 17.5 Å². The Morgan fingerprint density at radius 2 is 1.91 bits per heavy atom. The number of anilines is 1. The normalized spacial score (nSPS) is 11.0. The highest BCUT2D eigenvalue weighted by atomic mass is 16.6. The molecule has 0 radical (unpaired) electrons. The van der Waals surface area contributed by atoms with Gasteiger partial charge in [0, 0.05) is 35.0 Å². The van der Waals surface area contributed by atoms with E-state index >= 15 is 0 Å². The number of carbonyl (C=O) groups excluding carboxylic acids is 1. The summed E-state index contributed by atoms with van der Waals surface area (Å²) in [6.45, 7) is 0. The van der Waals surface area contributed by atoms with Crippen LogP contribution in [0.4, 0.5) is 11.4 Å². The van der Waals surface area contributed by atoms with E-state index in [4.69, 9.17) is 4.74 Å². The van der Waals surface area contributed by atoms with Gasteiger partial charge >= 0.3 is 0 Å². The Morgan fingerprint density at radius 1 is 1.16 bits per heavy atom. The first-order valence-corrected chi connectivity index (χ1v) is 9.55. The summed E-state index contributed by atoms with van der Waals surface area (Å²) in [4.78, 5) is 27.0. The lowest BCUT2D eigenvalue weighted by Crippen LogP contribution is -2.07. The summed E-state index contributed by atoms with van der Waals surface area (Å²) in [5.41, 5.74) is 2.43. The molecule has 160 valence electrons. The third kappa shape index (κ3) is 4.12. The molecule has 0 aliphatic rings. The molecule has 32 heavy (non-hydrogen) atoms. The van der Waals surface area contributed by atoms with Crippen molar-refractivity contribution in [3.8, 4) is 17.1 Å². The summed E-state index contributed by atoms with van der Waals surface area (Å²) < 4.78 is 6.07. The second-order valence-electron chi connectivity index (χ2n) is 6.82. The lowest BCUT2D eigenvalue weighted by Gasteiger charge is -2.05. The number of ether oxygens (including phenoxy) is 1. The minimum Gasteiger partial charge on any atom is -0.496 e. The van der Waals surface area contributed by atoms with Gasteiger partial charge in [0.25, 0.3) is 5.69 Å². The molecule has 9 nitrogen and oxygen atoms in total. The third-order valence-electron chi connectivity index (χ3n) is 4.79. The first kappa shape index (κ1) is 20.6. The first-order valence-electron chi connectivity index (χ1n) is 9.55. The molecule has 1 heterocycles. The lowest BCUT2D eigenvalue weighted by atomic mass is 10.2. The SMILES string of the molecule is COc1ccccc1/C=C/C(=O)Nc1ccc(-c2nc3ccc([N+](=O)[O-])cc3n2O)cc1. The predicted molar refractivity (Wildman–Crippen MR) is 120 cm³/mol. The van der Waals surface area contributed by atoms with Crippen molar-refractivity contribution >= 4 is 34.4 Å². The van der Waals surface area contributed by atoms with Crippen LogP contribution in [0.5, 0.6) is 5.75 Å². The van der Waals surface area contributed by atoms with Gasteiger partial charge in [-0.25, -0.2) is 4.98 Å². The van der Waals surface area contributed by atoms with E-state index in [1.165, 1.54) is 24.3 Å². The van der Waals surface area contributed by atoms with Crippen molar-refractivity contribution in [1.29, 1.82) is 0 Å². The highest BCUT2D eigenvalue weighted by Crippen LogP contribution is 2.27. The summed E-state index contributed by atoms with van der Waals surface area (Å²) in [7, 11) is 1.57. The Labute approximate surface area is 182 Å². The Bertz CT molecular complexity index is 1340. The van der Waals surface area contributed by atoms with Crippen LogP contribution in [0.1, 0.15) is 5.56 Å². The number of amides is 1. The molecule has 0 atom stereocenters. The standard InChI is InChI=1S/C23H18N4O5/c1-32-21-5-3-2-4-15(21)8-13-22(28)24-17-9-6-16(7-10-17)23-25-19-12-11-18(27(30)31)14-20(19)26(23)29/h2-14,29H,1H3,(H,24,28)/b13-8+. The summed E-state index contributed by atoms with van der Waals surface area (Å²) in [5, 5.41) is 24.2. The van der Waals surface area contributed by atoms with Crippen LogP contribution < -0.4 is 10.1 Å². The molecule has 0 spiro atoms. The minimum absolute atomic E-state index is 0.140. The smallest absolute Gasteiger partial charge is 0.271 e. The number of carbonyl (C=O) groups is 1. The maximum atomic E-state index is 12.2.